The largest absolute Gasteiger partial charge is 0.314 e. The molecule has 0 aliphatic carbocycles. The quantitative estimate of drug-likeness (QED) is 0.809. The maximum atomic E-state index is 13.4. The molecule has 0 fully saturated rings. The topological polar surface area (TPSA) is 12.0 Å². The van der Waals surface area contributed by atoms with E-state index in [1.165, 1.54) is 12.1 Å². The normalized spacial score (nSPS) is 12.2. The van der Waals surface area contributed by atoms with Crippen LogP contribution < -0.4 is 5.32 Å². The van der Waals surface area contributed by atoms with Gasteiger partial charge in [-0.1, -0.05) is 27.7 Å². The molecule has 0 radical (unpaired) electrons. The fourth-order valence-electron chi connectivity index (χ4n) is 2.27. The highest BCUT2D eigenvalue weighted by molar-refractivity contribution is 5.27. The summed E-state index contributed by atoms with van der Waals surface area (Å²) < 4.78 is 26.7. The third kappa shape index (κ3) is 3.52. The lowest BCUT2D eigenvalue weighted by Crippen LogP contribution is -2.40. The molecule has 1 N–H and O–H groups in total. The van der Waals surface area contributed by atoms with Crippen LogP contribution in [-0.4, -0.2) is 12.6 Å². The molecule has 102 valence electrons. The van der Waals surface area contributed by atoms with Gasteiger partial charge < -0.3 is 5.32 Å². The first-order chi connectivity index (χ1) is 8.43. The summed E-state index contributed by atoms with van der Waals surface area (Å²) in [7, 11) is 0. The Labute approximate surface area is 109 Å². The maximum absolute atomic E-state index is 13.4. The number of benzene rings is 1. The molecule has 0 atom stereocenters. The van der Waals surface area contributed by atoms with E-state index in [0.29, 0.717) is 6.04 Å². The zero-order valence-electron chi connectivity index (χ0n) is 11.7. The van der Waals surface area contributed by atoms with Gasteiger partial charge in [-0.25, -0.2) is 8.78 Å². The Hall–Kier alpha value is -0.960. The van der Waals surface area contributed by atoms with Crippen molar-refractivity contribution in [2.75, 3.05) is 6.54 Å². The molecule has 18 heavy (non-hydrogen) atoms. The van der Waals surface area contributed by atoms with E-state index in [0.717, 1.165) is 31.0 Å². The second kappa shape index (κ2) is 6.28. The Kier molecular flexibility index (Phi) is 5.27. The van der Waals surface area contributed by atoms with Crippen LogP contribution >= 0.6 is 0 Å². The zero-order valence-corrected chi connectivity index (χ0v) is 11.7. The Balaban J connectivity index is 3.08. The van der Waals surface area contributed by atoms with Gasteiger partial charge in [-0.3, -0.25) is 0 Å². The Morgan fingerprint density at radius 3 is 1.94 bits per heavy atom. The molecule has 0 heterocycles. The monoisotopic (exact) mass is 255 g/mol. The van der Waals surface area contributed by atoms with Gasteiger partial charge in [-0.05, 0) is 30.5 Å². The van der Waals surface area contributed by atoms with Gasteiger partial charge in [-0.15, -0.1) is 0 Å². The molecule has 0 bridgehead atoms. The minimum absolute atomic E-state index is 0.201. The fraction of sp³-hybridized carbons (Fsp3) is 0.600. The highest BCUT2D eigenvalue weighted by Gasteiger charge is 2.29. The van der Waals surface area contributed by atoms with E-state index in [2.05, 4.69) is 33.0 Å². The van der Waals surface area contributed by atoms with Gasteiger partial charge in [0.2, 0.25) is 0 Å². The summed E-state index contributed by atoms with van der Waals surface area (Å²) in [5.74, 6) is -0.998. The molecular weight excluding hydrogens is 232 g/mol. The summed E-state index contributed by atoms with van der Waals surface area (Å²) in [6.45, 7) is 9.01. The summed E-state index contributed by atoms with van der Waals surface area (Å²) in [6.07, 6.45) is 1.71. The molecule has 0 saturated heterocycles. The molecular formula is C15H23F2N. The molecule has 0 spiro atoms. The molecule has 0 unspecified atom stereocenters. The first-order valence-electron chi connectivity index (χ1n) is 6.63. The molecule has 0 aliphatic heterocycles. The van der Waals surface area contributed by atoms with Crippen LogP contribution in [0.1, 0.15) is 46.1 Å². The smallest absolute Gasteiger partial charge is 0.126 e. The average Bonchev–Trinajstić information content (AvgIpc) is 2.29. The van der Waals surface area contributed by atoms with Gasteiger partial charge in [0.1, 0.15) is 11.6 Å². The van der Waals surface area contributed by atoms with Crippen molar-refractivity contribution in [1.82, 2.24) is 5.32 Å². The van der Waals surface area contributed by atoms with E-state index in [9.17, 15) is 8.78 Å². The van der Waals surface area contributed by atoms with Crippen LogP contribution in [0.4, 0.5) is 8.78 Å². The van der Waals surface area contributed by atoms with E-state index < -0.39 is 11.6 Å². The highest BCUT2D eigenvalue weighted by Crippen LogP contribution is 2.32. The lowest BCUT2D eigenvalue weighted by Gasteiger charge is -2.33. The SMILES string of the molecule is CCC(CC)(CNC(C)C)c1cc(F)cc(F)c1. The number of rotatable bonds is 6. The maximum Gasteiger partial charge on any atom is 0.126 e. The minimum atomic E-state index is -0.499. The van der Waals surface area contributed by atoms with Gasteiger partial charge in [0.05, 0.1) is 0 Å². The summed E-state index contributed by atoms with van der Waals surface area (Å²) >= 11 is 0. The standard InChI is InChI=1S/C15H23F2N/c1-5-15(6-2,10-18-11(3)4)12-7-13(16)9-14(17)8-12/h7-9,11,18H,5-6,10H2,1-4H3. The Morgan fingerprint density at radius 2 is 1.56 bits per heavy atom. The molecule has 0 aliphatic rings. The van der Waals surface area contributed by atoms with Crippen LogP contribution in [0.25, 0.3) is 0 Å². The number of halogens is 2. The lowest BCUT2D eigenvalue weighted by atomic mass is 9.75. The van der Waals surface area contributed by atoms with Crippen LogP contribution in [0.3, 0.4) is 0 Å². The molecule has 1 nitrogen and oxygen atoms in total. The number of hydrogen-bond acceptors (Lipinski definition) is 1. The molecule has 1 aromatic rings. The van der Waals surface area contributed by atoms with Crippen molar-refractivity contribution in [3.63, 3.8) is 0 Å². The number of nitrogens with one attached hydrogen (secondary N) is 1. The second-order valence-electron chi connectivity index (χ2n) is 5.18. The summed E-state index contributed by atoms with van der Waals surface area (Å²) in [5.41, 5.74) is 0.547. The van der Waals surface area contributed by atoms with E-state index >= 15 is 0 Å². The average molecular weight is 255 g/mol. The van der Waals surface area contributed by atoms with Crippen molar-refractivity contribution in [2.45, 2.75) is 52.0 Å². The third-order valence-corrected chi connectivity index (χ3v) is 3.68. The van der Waals surface area contributed by atoms with E-state index in [4.69, 9.17) is 0 Å². The summed E-state index contributed by atoms with van der Waals surface area (Å²) in [6, 6.07) is 4.20. The predicted octanol–water partition coefficient (Wildman–Crippen LogP) is 4.02. The van der Waals surface area contributed by atoms with Crippen LogP contribution in [0, 0.1) is 11.6 Å². The summed E-state index contributed by atoms with van der Waals surface area (Å²) in [4.78, 5) is 0. The van der Waals surface area contributed by atoms with Gasteiger partial charge in [-0.2, -0.15) is 0 Å². The van der Waals surface area contributed by atoms with Crippen LogP contribution in [0.5, 0.6) is 0 Å². The van der Waals surface area contributed by atoms with Gasteiger partial charge in [0, 0.05) is 24.1 Å². The van der Waals surface area contributed by atoms with Crippen molar-refractivity contribution in [1.29, 1.82) is 0 Å². The zero-order chi connectivity index (χ0) is 13.8. The van der Waals surface area contributed by atoms with Crippen molar-refractivity contribution < 1.29 is 8.78 Å². The predicted molar refractivity (Wildman–Crippen MR) is 71.8 cm³/mol. The first kappa shape index (κ1) is 15.1. The third-order valence-electron chi connectivity index (χ3n) is 3.68. The van der Waals surface area contributed by atoms with Gasteiger partial charge in [0.15, 0.2) is 0 Å². The highest BCUT2D eigenvalue weighted by atomic mass is 19.1. The molecule has 0 aromatic heterocycles. The molecule has 1 aromatic carbocycles. The van der Waals surface area contributed by atoms with E-state index in [1.807, 2.05) is 0 Å². The van der Waals surface area contributed by atoms with E-state index in [1.54, 1.807) is 0 Å². The van der Waals surface area contributed by atoms with Gasteiger partial charge in [0.25, 0.3) is 0 Å². The van der Waals surface area contributed by atoms with Crippen LogP contribution in [0.15, 0.2) is 18.2 Å². The Morgan fingerprint density at radius 1 is 1.06 bits per heavy atom. The molecule has 0 amide bonds. The van der Waals surface area contributed by atoms with Crippen LogP contribution in [-0.2, 0) is 5.41 Å². The first-order valence-corrected chi connectivity index (χ1v) is 6.63. The van der Waals surface area contributed by atoms with E-state index in [-0.39, 0.29) is 5.41 Å². The second-order valence-corrected chi connectivity index (χ2v) is 5.18. The van der Waals surface area contributed by atoms with Gasteiger partial charge >= 0.3 is 0 Å². The van der Waals surface area contributed by atoms with Crippen molar-refractivity contribution >= 4 is 0 Å². The van der Waals surface area contributed by atoms with Crippen molar-refractivity contribution in [3.05, 3.63) is 35.4 Å². The van der Waals surface area contributed by atoms with Crippen molar-refractivity contribution in [2.24, 2.45) is 0 Å². The molecule has 0 saturated carbocycles. The molecule has 1 rings (SSSR count). The Bertz CT molecular complexity index is 364. The summed E-state index contributed by atoms with van der Waals surface area (Å²) in [5, 5.41) is 3.38. The fourth-order valence-corrected chi connectivity index (χ4v) is 2.27. The van der Waals surface area contributed by atoms with Crippen LogP contribution in [0.2, 0.25) is 0 Å². The van der Waals surface area contributed by atoms with Crippen molar-refractivity contribution in [3.8, 4) is 0 Å². The minimum Gasteiger partial charge on any atom is -0.314 e. The lowest BCUT2D eigenvalue weighted by molar-refractivity contribution is 0.352. The number of hydrogen-bond donors (Lipinski definition) is 1. The molecule has 3 heteroatoms.